The van der Waals surface area contributed by atoms with E-state index >= 15 is 0 Å². The molecule has 2 aromatic heterocycles. The number of aromatic amines is 1. The van der Waals surface area contributed by atoms with Crippen molar-refractivity contribution in [1.82, 2.24) is 14.8 Å². The number of aromatic nitrogens is 1. The van der Waals surface area contributed by atoms with Crippen LogP contribution in [-0.2, 0) is 4.79 Å². The van der Waals surface area contributed by atoms with E-state index in [0.717, 1.165) is 16.5 Å². The van der Waals surface area contributed by atoms with Gasteiger partial charge in [0.1, 0.15) is 0 Å². The fraction of sp³-hybridized carbons (Fsp3) is 0.231. The van der Waals surface area contributed by atoms with Crippen molar-refractivity contribution in [3.63, 3.8) is 0 Å². The number of hydrogen-bond acceptors (Lipinski definition) is 6. The number of ketones is 1. The molecule has 5 rings (SSSR count). The van der Waals surface area contributed by atoms with Gasteiger partial charge in [-0.25, -0.2) is 0 Å². The van der Waals surface area contributed by atoms with Crippen molar-refractivity contribution in [3.05, 3.63) is 77.4 Å². The highest BCUT2D eigenvalue weighted by Crippen LogP contribution is 2.42. The molecule has 8 heteroatoms. The number of carbonyl (C=O) groups is 2. The van der Waals surface area contributed by atoms with Crippen molar-refractivity contribution in [3.8, 4) is 5.75 Å². The quantitative estimate of drug-likeness (QED) is 0.405. The number of nitrogens with one attached hydrogen (secondary N) is 1. The molecule has 0 bridgehead atoms. The van der Waals surface area contributed by atoms with Crippen molar-refractivity contribution in [2.24, 2.45) is 0 Å². The summed E-state index contributed by atoms with van der Waals surface area (Å²) in [5.74, 6) is -1.13. The molecule has 0 saturated heterocycles. The third-order valence-electron chi connectivity index (χ3n) is 6.20. The van der Waals surface area contributed by atoms with Gasteiger partial charge in [-0.1, -0.05) is 30.3 Å². The van der Waals surface area contributed by atoms with Gasteiger partial charge >= 0.3 is 0 Å². The van der Waals surface area contributed by atoms with Crippen LogP contribution in [0.15, 0.2) is 70.5 Å². The third kappa shape index (κ3) is 3.43. The zero-order valence-corrected chi connectivity index (χ0v) is 19.2. The Morgan fingerprint density at radius 3 is 2.76 bits per heavy atom. The van der Waals surface area contributed by atoms with Crippen LogP contribution in [0.1, 0.15) is 22.2 Å². The van der Waals surface area contributed by atoms with Gasteiger partial charge < -0.3 is 29.0 Å². The number of aliphatic hydroxyl groups excluding tert-OH is 1. The highest BCUT2D eigenvalue weighted by atomic mass is 16.5. The minimum atomic E-state index is -0.758. The third-order valence-corrected chi connectivity index (χ3v) is 6.20. The van der Waals surface area contributed by atoms with Crippen molar-refractivity contribution < 1.29 is 23.8 Å². The molecule has 3 heterocycles. The molecule has 1 atom stereocenters. The van der Waals surface area contributed by atoms with Gasteiger partial charge in [0.2, 0.25) is 5.78 Å². The molecule has 2 N–H and O–H groups in total. The number of ether oxygens (including phenoxy) is 1. The van der Waals surface area contributed by atoms with Gasteiger partial charge in [-0.15, -0.1) is 0 Å². The molecule has 0 aliphatic carbocycles. The number of hydrogen-bond donors (Lipinski definition) is 2. The monoisotopic (exact) mass is 459 g/mol. The second-order valence-corrected chi connectivity index (χ2v) is 8.57. The van der Waals surface area contributed by atoms with E-state index in [9.17, 15) is 14.7 Å². The van der Waals surface area contributed by atoms with E-state index in [-0.39, 0.29) is 11.3 Å². The molecule has 1 aliphatic rings. The lowest BCUT2D eigenvalue weighted by Gasteiger charge is -2.27. The van der Waals surface area contributed by atoms with Gasteiger partial charge in [0.15, 0.2) is 22.9 Å². The normalized spacial score (nSPS) is 16.4. The van der Waals surface area contributed by atoms with E-state index < -0.39 is 23.5 Å². The molecular formula is C26H25N3O5. The van der Waals surface area contributed by atoms with Crippen LogP contribution in [0.25, 0.3) is 21.9 Å². The van der Waals surface area contributed by atoms with Crippen LogP contribution >= 0.6 is 0 Å². The van der Waals surface area contributed by atoms with Crippen molar-refractivity contribution in [2.75, 3.05) is 34.3 Å². The van der Waals surface area contributed by atoms with Gasteiger partial charge in [0, 0.05) is 41.1 Å². The maximum atomic E-state index is 13.7. The number of benzene rings is 2. The van der Waals surface area contributed by atoms with E-state index in [2.05, 4.69) is 4.98 Å². The molecule has 1 unspecified atom stereocenters. The molecule has 1 aliphatic heterocycles. The van der Waals surface area contributed by atoms with Crippen LogP contribution in [0.5, 0.6) is 5.75 Å². The summed E-state index contributed by atoms with van der Waals surface area (Å²) < 4.78 is 11.2. The predicted octanol–water partition coefficient (Wildman–Crippen LogP) is 4.06. The van der Waals surface area contributed by atoms with Crippen LogP contribution in [0.2, 0.25) is 0 Å². The van der Waals surface area contributed by atoms with Crippen LogP contribution in [0.4, 0.5) is 0 Å². The van der Waals surface area contributed by atoms with Crippen LogP contribution in [0, 0.1) is 0 Å². The van der Waals surface area contributed by atoms with Gasteiger partial charge in [-0.3, -0.25) is 9.59 Å². The first kappa shape index (κ1) is 21.8. The summed E-state index contributed by atoms with van der Waals surface area (Å²) in [6.45, 7) is 0.909. The number of H-pyrrole nitrogens is 1. The van der Waals surface area contributed by atoms with Gasteiger partial charge in [0.05, 0.1) is 18.7 Å². The first-order chi connectivity index (χ1) is 16.4. The lowest BCUT2D eigenvalue weighted by Crippen LogP contribution is -2.36. The van der Waals surface area contributed by atoms with Crippen LogP contribution < -0.4 is 4.74 Å². The number of likely N-dealkylation sites (N-methyl/N-ethyl adjacent to an activating group) is 1. The molecule has 34 heavy (non-hydrogen) atoms. The smallest absolute Gasteiger partial charge is 0.290 e. The fourth-order valence-electron chi connectivity index (χ4n) is 4.51. The fourth-order valence-corrected chi connectivity index (χ4v) is 4.51. The Bertz CT molecular complexity index is 1450. The Morgan fingerprint density at radius 2 is 2.00 bits per heavy atom. The first-order valence-electron chi connectivity index (χ1n) is 11.0. The summed E-state index contributed by atoms with van der Waals surface area (Å²) in [5, 5.41) is 12.5. The zero-order valence-electron chi connectivity index (χ0n) is 19.2. The van der Waals surface area contributed by atoms with E-state index in [0.29, 0.717) is 29.8 Å². The highest BCUT2D eigenvalue weighted by molar-refractivity contribution is 6.16. The average molecular weight is 460 g/mol. The lowest BCUT2D eigenvalue weighted by molar-refractivity contribution is -0.129. The number of para-hydroxylation sites is 2. The molecule has 4 aromatic rings. The van der Waals surface area contributed by atoms with Gasteiger partial charge in [-0.05, 0) is 32.3 Å². The standard InChI is InChI=1S/C26H25N3O5/c1-28(2)11-12-29-22(17-14-27-18-9-5-4-8-16(17)18)21(24(31)26(29)32)23(30)20-13-15-7-6-10-19(33-3)25(15)34-20/h4-10,13-14,22,27,31H,11-12H2,1-3H3. The van der Waals surface area contributed by atoms with Gasteiger partial charge in [0.25, 0.3) is 5.91 Å². The Balaban J connectivity index is 1.64. The molecule has 8 nitrogen and oxygen atoms in total. The predicted molar refractivity (Wildman–Crippen MR) is 128 cm³/mol. The minimum absolute atomic E-state index is 0.00605. The number of nitrogens with zero attached hydrogens (tertiary/aromatic N) is 2. The van der Waals surface area contributed by atoms with Crippen LogP contribution in [-0.4, -0.2) is 65.9 Å². The molecule has 1 amide bonds. The molecule has 0 saturated carbocycles. The maximum absolute atomic E-state index is 13.7. The number of amides is 1. The van der Waals surface area contributed by atoms with Crippen molar-refractivity contribution in [2.45, 2.75) is 6.04 Å². The largest absolute Gasteiger partial charge is 0.503 e. The summed E-state index contributed by atoms with van der Waals surface area (Å²) in [6, 6.07) is 13.9. The number of aliphatic hydroxyl groups is 1. The Hall–Kier alpha value is -4.04. The zero-order chi connectivity index (χ0) is 24.0. The molecule has 2 aromatic carbocycles. The average Bonchev–Trinajstić information content (AvgIpc) is 3.52. The van der Waals surface area contributed by atoms with Crippen molar-refractivity contribution >= 4 is 33.6 Å². The number of furan rings is 1. The summed E-state index contributed by atoms with van der Waals surface area (Å²) in [5.41, 5.74) is 2.06. The topological polar surface area (TPSA) is 99.0 Å². The number of rotatable bonds is 7. The molecule has 0 fully saturated rings. The SMILES string of the molecule is COc1cccc2cc(C(=O)C3=C(O)C(=O)N(CCN(C)C)C3c3c[nH]c4ccccc34)oc12. The second kappa shape index (κ2) is 8.39. The molecule has 174 valence electrons. The summed E-state index contributed by atoms with van der Waals surface area (Å²) in [4.78, 5) is 33.6. The summed E-state index contributed by atoms with van der Waals surface area (Å²) in [6.07, 6.45) is 1.79. The van der Waals surface area contributed by atoms with E-state index in [1.54, 1.807) is 29.3 Å². The first-order valence-corrected chi connectivity index (χ1v) is 11.0. The van der Waals surface area contributed by atoms with E-state index in [1.165, 1.54) is 7.11 Å². The summed E-state index contributed by atoms with van der Waals surface area (Å²) >= 11 is 0. The van der Waals surface area contributed by atoms with E-state index in [4.69, 9.17) is 9.15 Å². The van der Waals surface area contributed by atoms with Gasteiger partial charge in [-0.2, -0.15) is 0 Å². The molecule has 0 radical (unpaired) electrons. The molecule has 0 spiro atoms. The van der Waals surface area contributed by atoms with Crippen molar-refractivity contribution in [1.29, 1.82) is 0 Å². The van der Waals surface area contributed by atoms with Crippen LogP contribution in [0.3, 0.4) is 0 Å². The Kier molecular flexibility index (Phi) is 5.37. The number of fused-ring (bicyclic) bond motifs is 2. The number of carbonyl (C=O) groups excluding carboxylic acids is 2. The number of methoxy groups -OCH3 is 1. The number of Topliss-reactive ketones (excluding diaryl/α,β-unsaturated/α-hetero) is 1. The van der Waals surface area contributed by atoms with E-state index in [1.807, 2.05) is 49.3 Å². The second-order valence-electron chi connectivity index (χ2n) is 8.57. The highest BCUT2D eigenvalue weighted by Gasteiger charge is 2.45. The minimum Gasteiger partial charge on any atom is -0.503 e. The lowest BCUT2D eigenvalue weighted by atomic mass is 9.94. The Labute approximate surface area is 196 Å². The molecular weight excluding hydrogens is 434 g/mol. The summed E-state index contributed by atoms with van der Waals surface area (Å²) in [7, 11) is 5.34. The Morgan fingerprint density at radius 1 is 1.21 bits per heavy atom. The maximum Gasteiger partial charge on any atom is 0.290 e.